The van der Waals surface area contributed by atoms with Gasteiger partial charge < -0.3 is 24.4 Å². The molecule has 2 heterocycles. The topological polar surface area (TPSA) is 76.8 Å². The van der Waals surface area contributed by atoms with Crippen LogP contribution in [0, 0.1) is 5.82 Å². The van der Waals surface area contributed by atoms with Crippen LogP contribution in [0.5, 0.6) is 0 Å². The van der Waals surface area contributed by atoms with Gasteiger partial charge in [-0.25, -0.2) is 4.39 Å². The van der Waals surface area contributed by atoms with Crippen LogP contribution in [-0.4, -0.2) is 42.2 Å². The fourth-order valence-electron chi connectivity index (χ4n) is 3.18. The van der Waals surface area contributed by atoms with Crippen molar-refractivity contribution in [3.8, 4) is 0 Å². The summed E-state index contributed by atoms with van der Waals surface area (Å²) in [5.41, 5.74) is 1.69. The first-order chi connectivity index (χ1) is 12.6. The van der Waals surface area contributed by atoms with Crippen LogP contribution in [-0.2, 0) is 29.0 Å². The van der Waals surface area contributed by atoms with Crippen LogP contribution in [0.25, 0.3) is 0 Å². The summed E-state index contributed by atoms with van der Waals surface area (Å²) in [4.78, 5) is 0. The first-order valence-corrected chi connectivity index (χ1v) is 8.86. The van der Waals surface area contributed by atoms with E-state index in [4.69, 9.17) is 14.0 Å². The molecule has 0 radical (unpaired) electrons. The van der Waals surface area contributed by atoms with E-state index >= 15 is 0 Å². The van der Waals surface area contributed by atoms with Crippen LogP contribution in [0.4, 0.5) is 4.39 Å². The summed E-state index contributed by atoms with van der Waals surface area (Å²) in [6, 6.07) is 8.33. The molecule has 2 aromatic rings. The third-order valence-electron chi connectivity index (χ3n) is 4.48. The van der Waals surface area contributed by atoms with Gasteiger partial charge in [-0.2, -0.15) is 0 Å². The van der Waals surface area contributed by atoms with E-state index < -0.39 is 6.10 Å². The van der Waals surface area contributed by atoms with Crippen LogP contribution in [0.2, 0.25) is 0 Å². The van der Waals surface area contributed by atoms with Gasteiger partial charge in [0, 0.05) is 32.7 Å². The van der Waals surface area contributed by atoms with Gasteiger partial charge in [-0.15, -0.1) is 0 Å². The number of ether oxygens (including phenoxy) is 2. The highest BCUT2D eigenvalue weighted by Gasteiger charge is 2.30. The Bertz CT molecular complexity index is 694. The molecule has 6 nitrogen and oxygen atoms in total. The molecule has 3 rings (SSSR count). The maximum atomic E-state index is 13.2. The van der Waals surface area contributed by atoms with E-state index in [0.717, 1.165) is 17.7 Å². The Kier molecular flexibility index (Phi) is 6.73. The molecule has 1 fully saturated rings. The summed E-state index contributed by atoms with van der Waals surface area (Å²) in [6.45, 7) is 1.42. The quantitative estimate of drug-likeness (QED) is 0.748. The van der Waals surface area contributed by atoms with Gasteiger partial charge >= 0.3 is 0 Å². The molecule has 0 amide bonds. The minimum Gasteiger partial charge on any atom is -0.390 e. The number of methoxy groups -OCH3 is 1. The maximum Gasteiger partial charge on any atom is 0.162 e. The molecule has 142 valence electrons. The number of rotatable bonds is 8. The highest BCUT2D eigenvalue weighted by molar-refractivity contribution is 5.16. The smallest absolute Gasteiger partial charge is 0.162 e. The van der Waals surface area contributed by atoms with Gasteiger partial charge in [0.2, 0.25) is 0 Å². The summed E-state index contributed by atoms with van der Waals surface area (Å²) in [6.07, 6.45) is 1.27. The van der Waals surface area contributed by atoms with Crippen LogP contribution in [0.3, 0.4) is 0 Å². The van der Waals surface area contributed by atoms with Gasteiger partial charge in [0.05, 0.1) is 24.0 Å². The predicted octanol–water partition coefficient (Wildman–Crippen LogP) is 2.20. The number of halogens is 1. The summed E-state index contributed by atoms with van der Waals surface area (Å²) < 4.78 is 29.5. The summed E-state index contributed by atoms with van der Waals surface area (Å²) in [5, 5.41) is 17.5. The van der Waals surface area contributed by atoms with E-state index in [1.165, 1.54) is 12.1 Å². The molecular formula is C19H25FN2O4. The lowest BCUT2D eigenvalue weighted by Crippen LogP contribution is -2.45. The van der Waals surface area contributed by atoms with E-state index in [1.807, 2.05) is 12.1 Å². The molecule has 1 saturated heterocycles. The lowest BCUT2D eigenvalue weighted by molar-refractivity contribution is -0.115. The molecule has 1 aromatic heterocycles. The average molecular weight is 364 g/mol. The Labute approximate surface area is 152 Å². The van der Waals surface area contributed by atoms with Crippen molar-refractivity contribution in [3.63, 3.8) is 0 Å². The minimum absolute atomic E-state index is 0.0140. The van der Waals surface area contributed by atoms with Crippen molar-refractivity contribution in [2.75, 3.05) is 13.7 Å². The molecule has 7 heteroatoms. The van der Waals surface area contributed by atoms with Gasteiger partial charge in [0.15, 0.2) is 5.76 Å². The van der Waals surface area contributed by atoms with Gasteiger partial charge in [-0.1, -0.05) is 17.3 Å². The van der Waals surface area contributed by atoms with Crippen molar-refractivity contribution < 1.29 is 23.5 Å². The lowest BCUT2D eigenvalue weighted by Gasteiger charge is -2.34. The molecular weight excluding hydrogens is 339 g/mol. The van der Waals surface area contributed by atoms with Gasteiger partial charge in [0.1, 0.15) is 12.4 Å². The zero-order valence-corrected chi connectivity index (χ0v) is 14.9. The fraction of sp³-hybridized carbons (Fsp3) is 0.526. The number of hydrogen-bond acceptors (Lipinski definition) is 6. The third kappa shape index (κ3) is 5.35. The van der Waals surface area contributed by atoms with Crippen molar-refractivity contribution in [2.45, 2.75) is 50.7 Å². The molecule has 2 N–H and O–H groups in total. The van der Waals surface area contributed by atoms with Crippen molar-refractivity contribution in [2.24, 2.45) is 0 Å². The van der Waals surface area contributed by atoms with Crippen LogP contribution >= 0.6 is 0 Å². The van der Waals surface area contributed by atoms with E-state index in [-0.39, 0.29) is 18.0 Å². The lowest BCUT2D eigenvalue weighted by atomic mass is 9.98. The second-order valence-electron chi connectivity index (χ2n) is 6.62. The largest absolute Gasteiger partial charge is 0.390 e. The second-order valence-corrected chi connectivity index (χ2v) is 6.62. The number of aliphatic hydroxyl groups is 1. The first-order valence-electron chi connectivity index (χ1n) is 8.86. The molecule has 0 aliphatic carbocycles. The molecule has 1 aromatic carbocycles. The fourth-order valence-corrected chi connectivity index (χ4v) is 3.18. The molecule has 0 spiro atoms. The normalized spacial score (nSPS) is 23.3. The Balaban J connectivity index is 1.47. The van der Waals surface area contributed by atoms with E-state index in [2.05, 4.69) is 10.5 Å². The van der Waals surface area contributed by atoms with Crippen LogP contribution < -0.4 is 5.32 Å². The zero-order chi connectivity index (χ0) is 18.4. The van der Waals surface area contributed by atoms with Gasteiger partial charge in [0.25, 0.3) is 0 Å². The van der Waals surface area contributed by atoms with E-state index in [9.17, 15) is 9.50 Å². The van der Waals surface area contributed by atoms with Crippen molar-refractivity contribution in [1.82, 2.24) is 10.5 Å². The van der Waals surface area contributed by atoms with Crippen LogP contribution in [0.1, 0.15) is 29.9 Å². The highest BCUT2D eigenvalue weighted by Crippen LogP contribution is 2.22. The Morgan fingerprint density at radius 2 is 2.23 bits per heavy atom. The summed E-state index contributed by atoms with van der Waals surface area (Å²) in [5.74, 6) is 0.436. The summed E-state index contributed by atoms with van der Waals surface area (Å²) >= 11 is 0. The van der Waals surface area contributed by atoms with Crippen molar-refractivity contribution in [3.05, 3.63) is 53.2 Å². The van der Waals surface area contributed by atoms with Crippen molar-refractivity contribution >= 4 is 0 Å². The molecule has 3 atom stereocenters. The monoisotopic (exact) mass is 364 g/mol. The minimum atomic E-state index is -0.507. The Morgan fingerprint density at radius 3 is 3.04 bits per heavy atom. The van der Waals surface area contributed by atoms with Crippen LogP contribution in [0.15, 0.2) is 34.9 Å². The standard InChI is InChI=1S/C19H25FN2O4/c1-24-12-17-9-15(22-26-17)8-16-5-6-18(23)19(25-16)11-21-10-13-3-2-4-14(20)7-13/h2-4,7,9,16,18-19,21,23H,5-6,8,10-12H2,1H3/t16-,18-,19+/m0/s1. The number of aliphatic hydroxyl groups excluding tert-OH is 1. The highest BCUT2D eigenvalue weighted by atomic mass is 19.1. The number of nitrogens with one attached hydrogen (secondary N) is 1. The van der Waals surface area contributed by atoms with E-state index in [1.54, 1.807) is 13.2 Å². The maximum absolute atomic E-state index is 13.2. The third-order valence-corrected chi connectivity index (χ3v) is 4.48. The number of benzene rings is 1. The molecule has 0 unspecified atom stereocenters. The SMILES string of the molecule is COCc1cc(C[C@@H]2CC[C@H](O)[C@@H](CNCc3cccc(F)c3)O2)no1. The number of hydrogen-bond donors (Lipinski definition) is 2. The second kappa shape index (κ2) is 9.23. The number of nitrogens with zero attached hydrogens (tertiary/aromatic N) is 1. The number of aromatic nitrogens is 1. The van der Waals surface area contributed by atoms with Gasteiger partial charge in [-0.3, -0.25) is 0 Å². The van der Waals surface area contributed by atoms with Gasteiger partial charge in [-0.05, 0) is 30.5 Å². The van der Waals surface area contributed by atoms with E-state index in [0.29, 0.717) is 38.3 Å². The predicted molar refractivity (Wildman–Crippen MR) is 92.9 cm³/mol. The molecule has 0 bridgehead atoms. The summed E-state index contributed by atoms with van der Waals surface area (Å²) in [7, 11) is 1.61. The molecule has 26 heavy (non-hydrogen) atoms. The molecule has 1 aliphatic heterocycles. The zero-order valence-electron chi connectivity index (χ0n) is 14.9. The molecule has 1 aliphatic rings. The first kappa shape index (κ1) is 19.0. The molecule has 0 saturated carbocycles. The average Bonchev–Trinajstić information content (AvgIpc) is 3.05. The van der Waals surface area contributed by atoms with Crippen molar-refractivity contribution in [1.29, 1.82) is 0 Å². The Hall–Kier alpha value is -1.80. The Morgan fingerprint density at radius 1 is 1.35 bits per heavy atom.